The number of hydrogen-bond acceptors (Lipinski definition) is 11. The highest BCUT2D eigenvalue weighted by molar-refractivity contribution is 5.75. The molecular weight excluding hydrogens is 564 g/mol. The first-order valence-electron chi connectivity index (χ1n) is 15.7. The molecule has 244 valence electrons. The van der Waals surface area contributed by atoms with E-state index in [4.69, 9.17) is 18.9 Å². The Balaban J connectivity index is 1.26. The maximum Gasteiger partial charge on any atom is 0.309 e. The first-order valence-corrected chi connectivity index (χ1v) is 15.7. The fraction of sp³-hybridized carbons (Fsp3) is 0.903. The molecule has 7 N–H and O–H groups in total. The summed E-state index contributed by atoms with van der Waals surface area (Å²) in [6.45, 7) is 7.76. The molecule has 43 heavy (non-hydrogen) atoms. The van der Waals surface area contributed by atoms with E-state index in [1.165, 1.54) is 0 Å². The van der Waals surface area contributed by atoms with Crippen LogP contribution in [-0.2, 0) is 23.7 Å². The maximum atomic E-state index is 12.5. The lowest BCUT2D eigenvalue weighted by Crippen LogP contribution is -2.64. The first kappa shape index (κ1) is 31.8. The minimum atomic E-state index is -1.63. The number of fused-ring (bicyclic) bond motifs is 3. The summed E-state index contributed by atoms with van der Waals surface area (Å²) in [4.78, 5) is 12.5. The number of carboxylic acid groups (broad SMARTS) is 1. The van der Waals surface area contributed by atoms with Crippen LogP contribution in [0.25, 0.3) is 0 Å². The van der Waals surface area contributed by atoms with Gasteiger partial charge in [-0.2, -0.15) is 0 Å². The second-order valence-corrected chi connectivity index (χ2v) is 14.8. The Morgan fingerprint density at radius 3 is 2.37 bits per heavy atom. The molecule has 2 heterocycles. The van der Waals surface area contributed by atoms with E-state index in [0.29, 0.717) is 25.2 Å². The van der Waals surface area contributed by atoms with Gasteiger partial charge in [0.2, 0.25) is 0 Å². The molecule has 0 aromatic carbocycles. The van der Waals surface area contributed by atoms with Crippen LogP contribution in [0.3, 0.4) is 0 Å². The number of carboxylic acids is 1. The summed E-state index contributed by atoms with van der Waals surface area (Å²) in [6, 6.07) is 0. The number of ether oxygens (including phenoxy) is 4. The topological polar surface area (TPSA) is 196 Å². The van der Waals surface area contributed by atoms with Crippen LogP contribution >= 0.6 is 0 Å². The van der Waals surface area contributed by atoms with Gasteiger partial charge in [-0.25, -0.2) is 0 Å². The summed E-state index contributed by atoms with van der Waals surface area (Å²) >= 11 is 0. The van der Waals surface area contributed by atoms with E-state index in [0.717, 1.165) is 44.1 Å². The number of aliphatic hydroxyl groups excluding tert-OH is 6. The number of rotatable bonds is 6. The van der Waals surface area contributed by atoms with Gasteiger partial charge < -0.3 is 54.7 Å². The predicted octanol–water partition coefficient (Wildman–Crippen LogP) is 0.443. The average molecular weight is 613 g/mol. The summed E-state index contributed by atoms with van der Waals surface area (Å²) in [7, 11) is 0. The Morgan fingerprint density at radius 1 is 0.953 bits per heavy atom. The second-order valence-electron chi connectivity index (χ2n) is 14.8. The van der Waals surface area contributed by atoms with Crippen LogP contribution in [0, 0.1) is 28.1 Å². The molecule has 2 aliphatic heterocycles. The Hall–Kier alpha value is -1.19. The van der Waals surface area contributed by atoms with Gasteiger partial charge in [0.05, 0.1) is 24.2 Å². The number of aliphatic carboxylic acids is 1. The third kappa shape index (κ3) is 4.75. The van der Waals surface area contributed by atoms with Gasteiger partial charge in [0.15, 0.2) is 12.6 Å². The maximum absolute atomic E-state index is 12.5. The Morgan fingerprint density at radius 2 is 1.67 bits per heavy atom. The summed E-state index contributed by atoms with van der Waals surface area (Å²) in [6.07, 6.45) is -5.83. The van der Waals surface area contributed by atoms with Crippen LogP contribution in [-0.4, -0.2) is 116 Å². The molecule has 15 atom stereocenters. The molecule has 2 bridgehead atoms. The van der Waals surface area contributed by atoms with Crippen molar-refractivity contribution in [2.45, 2.75) is 133 Å². The molecule has 4 saturated carbocycles. The van der Waals surface area contributed by atoms with E-state index in [2.05, 4.69) is 13.5 Å². The lowest BCUT2D eigenvalue weighted by molar-refractivity contribution is -0.370. The van der Waals surface area contributed by atoms with Crippen LogP contribution in [0.15, 0.2) is 12.2 Å². The van der Waals surface area contributed by atoms with Crippen molar-refractivity contribution in [2.75, 3.05) is 13.2 Å². The standard InChI is InChI=1S/C31H48O12/c1-15-11-30-9-5-18-28(2,7-4-8-29(18,3)27(38)39)19(30)6-10-31(15,14-30)43-26-24(22(36)21(35)17(12-32)41-26)42-25-23(37)20(34)16(33)13-40-25/h16-26,32-37H,1,4-14H2,2-3H3,(H,38,39)/t16-,17-,18-,19-,20+,21-,22+,23-,24-,25+,26+,28+,29?,30+,31+/m1/s1. The van der Waals surface area contributed by atoms with E-state index in [9.17, 15) is 40.5 Å². The van der Waals surface area contributed by atoms with E-state index in [1.54, 1.807) is 0 Å². The zero-order valence-corrected chi connectivity index (χ0v) is 25.0. The normalized spacial score (nSPS) is 55.0. The highest BCUT2D eigenvalue weighted by Crippen LogP contribution is 2.73. The minimum Gasteiger partial charge on any atom is -0.481 e. The zero-order valence-electron chi connectivity index (χ0n) is 25.0. The third-order valence-corrected chi connectivity index (χ3v) is 12.5. The van der Waals surface area contributed by atoms with Crippen LogP contribution < -0.4 is 0 Å². The molecule has 1 unspecified atom stereocenters. The third-order valence-electron chi connectivity index (χ3n) is 12.5. The SMILES string of the molecule is C=C1C[C@]23CC[C@H]4C(C)(C(=O)O)CCC[C@]4(C)[C@H]2CC[C@]1(O[C@@H]1O[C@H](CO)[C@@H](O)[C@H](O)[C@H]1O[C@@H]1OC[C@@H](O)[C@H](O)[C@H]1O)C3. The molecule has 6 rings (SSSR count). The van der Waals surface area contributed by atoms with Crippen molar-refractivity contribution in [1.29, 1.82) is 0 Å². The van der Waals surface area contributed by atoms with E-state index in [-0.39, 0.29) is 23.4 Å². The second kappa shape index (κ2) is 11.0. The predicted molar refractivity (Wildman–Crippen MR) is 148 cm³/mol. The molecule has 4 aliphatic carbocycles. The van der Waals surface area contributed by atoms with Crippen LogP contribution in [0.2, 0.25) is 0 Å². The zero-order chi connectivity index (χ0) is 31.1. The quantitative estimate of drug-likeness (QED) is 0.162. The summed E-state index contributed by atoms with van der Waals surface area (Å²) < 4.78 is 24.0. The fourth-order valence-electron chi connectivity index (χ4n) is 10.3. The Kier molecular flexibility index (Phi) is 8.10. The van der Waals surface area contributed by atoms with Gasteiger partial charge in [-0.15, -0.1) is 0 Å². The molecule has 2 saturated heterocycles. The molecule has 1 spiro atoms. The molecule has 12 heteroatoms. The van der Waals surface area contributed by atoms with Gasteiger partial charge in [-0.3, -0.25) is 4.79 Å². The molecule has 0 aromatic heterocycles. The van der Waals surface area contributed by atoms with Crippen molar-refractivity contribution in [2.24, 2.45) is 28.1 Å². The summed E-state index contributed by atoms with van der Waals surface area (Å²) in [5, 5.41) is 72.4. The van der Waals surface area contributed by atoms with Crippen LogP contribution in [0.5, 0.6) is 0 Å². The summed E-state index contributed by atoms with van der Waals surface area (Å²) in [5.74, 6) is -0.330. The molecule has 6 fully saturated rings. The van der Waals surface area contributed by atoms with Gasteiger partial charge in [-0.1, -0.05) is 19.9 Å². The van der Waals surface area contributed by atoms with Crippen molar-refractivity contribution in [3.8, 4) is 0 Å². The van der Waals surface area contributed by atoms with Gasteiger partial charge in [-0.05, 0) is 86.5 Å². The lowest BCUT2D eigenvalue weighted by atomic mass is 9.41. The van der Waals surface area contributed by atoms with Gasteiger partial charge in [0.1, 0.15) is 42.7 Å². The largest absolute Gasteiger partial charge is 0.481 e. The van der Waals surface area contributed by atoms with Gasteiger partial charge in [0.25, 0.3) is 0 Å². The molecule has 12 nitrogen and oxygen atoms in total. The highest BCUT2D eigenvalue weighted by atomic mass is 16.8. The molecular formula is C31H48O12. The monoisotopic (exact) mass is 612 g/mol. The minimum absolute atomic E-state index is 0.0846. The molecule has 0 aromatic rings. The number of carbonyl (C=O) groups is 1. The molecule has 0 radical (unpaired) electrons. The fourth-order valence-corrected chi connectivity index (χ4v) is 10.3. The van der Waals surface area contributed by atoms with Crippen LogP contribution in [0.4, 0.5) is 0 Å². The highest BCUT2D eigenvalue weighted by Gasteiger charge is 2.69. The first-order chi connectivity index (χ1) is 20.2. The van der Waals surface area contributed by atoms with Crippen molar-refractivity contribution in [3.05, 3.63) is 12.2 Å². The van der Waals surface area contributed by atoms with Crippen LogP contribution in [0.1, 0.15) is 71.6 Å². The van der Waals surface area contributed by atoms with Crippen molar-refractivity contribution in [1.82, 2.24) is 0 Å². The Bertz CT molecular complexity index is 1100. The molecule has 6 aliphatic rings. The smallest absolute Gasteiger partial charge is 0.309 e. The van der Waals surface area contributed by atoms with E-state index in [1.807, 2.05) is 6.92 Å². The van der Waals surface area contributed by atoms with Gasteiger partial charge >= 0.3 is 5.97 Å². The van der Waals surface area contributed by atoms with E-state index >= 15 is 0 Å². The Labute approximate surface area is 251 Å². The average Bonchev–Trinajstić information content (AvgIpc) is 3.15. The summed E-state index contributed by atoms with van der Waals surface area (Å²) in [5.41, 5.74) is -0.943. The van der Waals surface area contributed by atoms with Crippen molar-refractivity contribution in [3.63, 3.8) is 0 Å². The van der Waals surface area contributed by atoms with Crippen molar-refractivity contribution < 1.29 is 59.5 Å². The number of aliphatic hydroxyl groups is 6. The van der Waals surface area contributed by atoms with E-state index < -0.39 is 78.9 Å². The lowest BCUT2D eigenvalue weighted by Gasteiger charge is -2.64. The number of hydrogen-bond donors (Lipinski definition) is 7. The van der Waals surface area contributed by atoms with Gasteiger partial charge in [0, 0.05) is 0 Å². The van der Waals surface area contributed by atoms with Crippen molar-refractivity contribution >= 4 is 5.97 Å². The molecule has 0 amide bonds.